The number of para-hydroxylation sites is 1. The number of benzene rings is 2. The molecule has 0 bridgehead atoms. The predicted molar refractivity (Wildman–Crippen MR) is 73.1 cm³/mol. The lowest BCUT2D eigenvalue weighted by Crippen LogP contribution is -2.00. The lowest BCUT2D eigenvalue weighted by Gasteiger charge is -2.12. The van der Waals surface area contributed by atoms with E-state index in [0.717, 1.165) is 5.56 Å². The fraction of sp³-hybridized carbons (Fsp3) is 0.143. The van der Waals surface area contributed by atoms with Gasteiger partial charge in [-0.05, 0) is 23.8 Å². The zero-order valence-corrected chi connectivity index (χ0v) is 11.4. The summed E-state index contributed by atoms with van der Waals surface area (Å²) in [6, 6.07) is 9.48. The molecule has 0 aromatic heterocycles. The third-order valence-corrected chi connectivity index (χ3v) is 3.17. The Morgan fingerprint density at radius 3 is 2.58 bits per heavy atom. The number of hydrogen-bond donors (Lipinski definition) is 1. The zero-order valence-electron chi connectivity index (χ0n) is 9.87. The van der Waals surface area contributed by atoms with Gasteiger partial charge in [0.05, 0.1) is 16.7 Å². The second-order valence-corrected chi connectivity index (χ2v) is 4.74. The number of aliphatic hydroxyl groups is 1. The second-order valence-electron chi connectivity index (χ2n) is 3.92. The molecule has 0 fully saturated rings. The molecule has 2 aromatic rings. The molecule has 0 radical (unpaired) electrons. The van der Waals surface area contributed by atoms with E-state index in [1.807, 2.05) is 0 Å². The van der Waals surface area contributed by atoms with Crippen LogP contribution in [0.1, 0.15) is 11.1 Å². The molecule has 0 saturated carbocycles. The van der Waals surface area contributed by atoms with Crippen molar-refractivity contribution in [1.82, 2.24) is 0 Å². The van der Waals surface area contributed by atoms with Gasteiger partial charge in [0.25, 0.3) is 0 Å². The molecule has 2 rings (SSSR count). The van der Waals surface area contributed by atoms with Crippen LogP contribution in [-0.4, -0.2) is 5.11 Å². The molecule has 1 N–H and O–H groups in total. The molecule has 2 nitrogen and oxygen atoms in total. The fourth-order valence-electron chi connectivity index (χ4n) is 1.62. The van der Waals surface area contributed by atoms with Crippen LogP contribution < -0.4 is 4.74 Å². The quantitative estimate of drug-likeness (QED) is 0.917. The Labute approximate surface area is 120 Å². The van der Waals surface area contributed by atoms with Crippen molar-refractivity contribution in [2.45, 2.75) is 13.2 Å². The molecule has 0 unspecified atom stereocenters. The Balaban J connectivity index is 2.16. The number of rotatable bonds is 4. The van der Waals surface area contributed by atoms with E-state index >= 15 is 0 Å². The van der Waals surface area contributed by atoms with Crippen molar-refractivity contribution in [1.29, 1.82) is 0 Å². The summed E-state index contributed by atoms with van der Waals surface area (Å²) in [4.78, 5) is 0. The predicted octanol–water partition coefficient (Wildman–Crippen LogP) is 4.20. The highest BCUT2D eigenvalue weighted by molar-refractivity contribution is 6.32. The molecule has 0 aliphatic carbocycles. The minimum atomic E-state index is -0.473. The summed E-state index contributed by atoms with van der Waals surface area (Å²) in [7, 11) is 0. The van der Waals surface area contributed by atoms with E-state index in [1.54, 1.807) is 24.3 Å². The van der Waals surface area contributed by atoms with Crippen LogP contribution in [-0.2, 0) is 13.2 Å². The number of aliphatic hydroxyl groups excluding tert-OH is 1. The van der Waals surface area contributed by atoms with Crippen LogP contribution in [0, 0.1) is 5.82 Å². The molecule has 5 heteroatoms. The Morgan fingerprint density at radius 2 is 1.89 bits per heavy atom. The summed E-state index contributed by atoms with van der Waals surface area (Å²) in [5.74, 6) is -0.0497. The summed E-state index contributed by atoms with van der Waals surface area (Å²) in [6.45, 7) is 0.0246. The normalized spacial score (nSPS) is 10.5. The standard InChI is InChI=1S/C14H11Cl2FO2/c15-11-3-1-2-10(7-18)14(11)19-8-9-4-5-13(17)12(16)6-9/h1-6,18H,7-8H2. The van der Waals surface area contributed by atoms with Crippen molar-refractivity contribution in [2.24, 2.45) is 0 Å². The molecular formula is C14H11Cl2FO2. The van der Waals surface area contributed by atoms with Gasteiger partial charge in [-0.25, -0.2) is 4.39 Å². The van der Waals surface area contributed by atoms with Crippen LogP contribution in [0.3, 0.4) is 0 Å². The molecule has 0 spiro atoms. The summed E-state index contributed by atoms with van der Waals surface area (Å²) < 4.78 is 18.6. The number of ether oxygens (including phenoxy) is 1. The van der Waals surface area contributed by atoms with Gasteiger partial charge in [-0.2, -0.15) is 0 Å². The summed E-state index contributed by atoms with van der Waals surface area (Å²) in [5.41, 5.74) is 1.32. The van der Waals surface area contributed by atoms with E-state index in [2.05, 4.69) is 0 Å². The van der Waals surface area contributed by atoms with E-state index in [-0.39, 0.29) is 18.2 Å². The molecular weight excluding hydrogens is 290 g/mol. The monoisotopic (exact) mass is 300 g/mol. The zero-order chi connectivity index (χ0) is 13.8. The Hall–Kier alpha value is -1.29. The smallest absolute Gasteiger partial charge is 0.143 e. The van der Waals surface area contributed by atoms with Crippen LogP contribution >= 0.6 is 23.2 Å². The Kier molecular flexibility index (Phi) is 4.64. The SMILES string of the molecule is OCc1cccc(Cl)c1OCc1ccc(F)c(Cl)c1. The first-order valence-electron chi connectivity index (χ1n) is 5.57. The maximum Gasteiger partial charge on any atom is 0.143 e. The third-order valence-electron chi connectivity index (χ3n) is 2.59. The van der Waals surface area contributed by atoms with Gasteiger partial charge in [0.15, 0.2) is 0 Å². The van der Waals surface area contributed by atoms with Crippen molar-refractivity contribution >= 4 is 23.2 Å². The molecule has 2 aromatic carbocycles. The van der Waals surface area contributed by atoms with Gasteiger partial charge in [0.2, 0.25) is 0 Å². The number of hydrogen-bond acceptors (Lipinski definition) is 2. The Morgan fingerprint density at radius 1 is 1.11 bits per heavy atom. The van der Waals surface area contributed by atoms with E-state index in [4.69, 9.17) is 27.9 Å². The van der Waals surface area contributed by atoms with Gasteiger partial charge in [-0.15, -0.1) is 0 Å². The van der Waals surface area contributed by atoms with Crippen LogP contribution in [0.2, 0.25) is 10.0 Å². The van der Waals surface area contributed by atoms with Crippen LogP contribution in [0.25, 0.3) is 0 Å². The van der Waals surface area contributed by atoms with Gasteiger partial charge in [-0.1, -0.05) is 41.4 Å². The van der Waals surface area contributed by atoms with Gasteiger partial charge in [0.1, 0.15) is 18.2 Å². The largest absolute Gasteiger partial charge is 0.487 e. The first-order chi connectivity index (χ1) is 9.11. The highest BCUT2D eigenvalue weighted by Gasteiger charge is 2.08. The highest BCUT2D eigenvalue weighted by atomic mass is 35.5. The van der Waals surface area contributed by atoms with Crippen molar-refractivity contribution in [2.75, 3.05) is 0 Å². The van der Waals surface area contributed by atoms with Crippen LogP contribution in [0.5, 0.6) is 5.75 Å². The lowest BCUT2D eigenvalue weighted by atomic mass is 10.2. The second kappa shape index (κ2) is 6.24. The fourth-order valence-corrected chi connectivity index (χ4v) is 2.08. The summed E-state index contributed by atoms with van der Waals surface area (Å²) in [6.07, 6.45) is 0. The maximum absolute atomic E-state index is 13.0. The van der Waals surface area contributed by atoms with E-state index < -0.39 is 5.82 Å². The van der Waals surface area contributed by atoms with Gasteiger partial charge in [-0.3, -0.25) is 0 Å². The topological polar surface area (TPSA) is 29.5 Å². The van der Waals surface area contributed by atoms with E-state index in [9.17, 15) is 9.50 Å². The molecule has 0 aliphatic rings. The first-order valence-corrected chi connectivity index (χ1v) is 6.32. The minimum Gasteiger partial charge on any atom is -0.487 e. The highest BCUT2D eigenvalue weighted by Crippen LogP contribution is 2.29. The Bertz CT molecular complexity index is 588. The minimum absolute atomic E-state index is 0.0441. The summed E-state index contributed by atoms with van der Waals surface area (Å²) in [5, 5.41) is 9.67. The molecule has 100 valence electrons. The lowest BCUT2D eigenvalue weighted by molar-refractivity contribution is 0.259. The van der Waals surface area contributed by atoms with Crippen molar-refractivity contribution in [3.63, 3.8) is 0 Å². The molecule has 0 saturated heterocycles. The third kappa shape index (κ3) is 3.38. The molecule has 0 heterocycles. The number of halogens is 3. The molecule has 19 heavy (non-hydrogen) atoms. The maximum atomic E-state index is 13.0. The van der Waals surface area contributed by atoms with E-state index in [0.29, 0.717) is 16.3 Å². The van der Waals surface area contributed by atoms with Gasteiger partial charge >= 0.3 is 0 Å². The van der Waals surface area contributed by atoms with Gasteiger partial charge < -0.3 is 9.84 Å². The molecule has 0 atom stereocenters. The molecule has 0 aliphatic heterocycles. The van der Waals surface area contributed by atoms with Crippen LogP contribution in [0.15, 0.2) is 36.4 Å². The summed E-state index contributed by atoms with van der Waals surface area (Å²) >= 11 is 11.7. The first kappa shape index (κ1) is 14.1. The molecule has 0 amide bonds. The van der Waals surface area contributed by atoms with Crippen molar-refractivity contribution < 1.29 is 14.2 Å². The van der Waals surface area contributed by atoms with Crippen molar-refractivity contribution in [3.05, 3.63) is 63.4 Å². The average molecular weight is 301 g/mol. The van der Waals surface area contributed by atoms with Crippen molar-refractivity contribution in [3.8, 4) is 5.75 Å². The average Bonchev–Trinajstić information content (AvgIpc) is 2.41. The van der Waals surface area contributed by atoms with E-state index in [1.165, 1.54) is 12.1 Å². The van der Waals surface area contributed by atoms with Crippen LogP contribution in [0.4, 0.5) is 4.39 Å². The van der Waals surface area contributed by atoms with Gasteiger partial charge in [0, 0.05) is 5.56 Å².